The summed E-state index contributed by atoms with van der Waals surface area (Å²) in [5.74, 6) is 0.149. The molecular formula is C9H21N3O2S. The average molecular weight is 235 g/mol. The van der Waals surface area contributed by atoms with Crippen molar-refractivity contribution in [1.29, 1.82) is 0 Å². The molecule has 0 radical (unpaired) electrons. The second kappa shape index (κ2) is 6.42. The van der Waals surface area contributed by atoms with Crippen LogP contribution in [0.1, 0.15) is 19.3 Å². The second-order valence-electron chi connectivity index (χ2n) is 3.87. The maximum Gasteiger partial charge on any atom is 0.212 e. The number of rotatable bonds is 6. The van der Waals surface area contributed by atoms with E-state index in [0.717, 1.165) is 13.1 Å². The van der Waals surface area contributed by atoms with E-state index < -0.39 is 10.0 Å². The Labute approximate surface area is 92.1 Å². The summed E-state index contributed by atoms with van der Waals surface area (Å²) < 4.78 is 24.5. The van der Waals surface area contributed by atoms with Gasteiger partial charge in [0.25, 0.3) is 0 Å². The van der Waals surface area contributed by atoms with Crippen molar-refractivity contribution in [1.82, 2.24) is 15.4 Å². The predicted octanol–water partition coefficient (Wildman–Crippen LogP) is -0.733. The Morgan fingerprint density at radius 2 is 2.20 bits per heavy atom. The zero-order valence-corrected chi connectivity index (χ0v) is 10.1. The van der Waals surface area contributed by atoms with E-state index in [9.17, 15) is 8.42 Å². The van der Waals surface area contributed by atoms with E-state index in [1.165, 1.54) is 26.3 Å². The summed E-state index contributed by atoms with van der Waals surface area (Å²) in [5, 5.41) is 6.57. The predicted molar refractivity (Wildman–Crippen MR) is 61.4 cm³/mol. The largest absolute Gasteiger partial charge is 0.314 e. The standard InChI is InChI=1S/C9H21N3O2S/c1-10-15(13,14)7-6-11-8-9-4-2-3-5-12-9/h9-12H,2-8H2,1H3. The lowest BCUT2D eigenvalue weighted by Gasteiger charge is -2.23. The molecule has 3 N–H and O–H groups in total. The van der Waals surface area contributed by atoms with Crippen LogP contribution in [0.15, 0.2) is 0 Å². The summed E-state index contributed by atoms with van der Waals surface area (Å²) in [7, 11) is -1.61. The van der Waals surface area contributed by atoms with Gasteiger partial charge in [-0.3, -0.25) is 0 Å². The van der Waals surface area contributed by atoms with Crippen molar-refractivity contribution < 1.29 is 8.42 Å². The molecule has 1 rings (SSSR count). The average Bonchev–Trinajstić information content (AvgIpc) is 2.26. The molecule has 15 heavy (non-hydrogen) atoms. The molecule has 1 aliphatic heterocycles. The highest BCUT2D eigenvalue weighted by molar-refractivity contribution is 7.89. The molecule has 90 valence electrons. The fraction of sp³-hybridized carbons (Fsp3) is 1.00. The van der Waals surface area contributed by atoms with Gasteiger partial charge in [0.05, 0.1) is 5.75 Å². The zero-order valence-electron chi connectivity index (χ0n) is 9.25. The van der Waals surface area contributed by atoms with Crippen molar-refractivity contribution in [2.45, 2.75) is 25.3 Å². The number of nitrogens with one attached hydrogen (secondary N) is 3. The van der Waals surface area contributed by atoms with Crippen LogP contribution in [0, 0.1) is 0 Å². The minimum atomic E-state index is -3.06. The molecule has 1 aliphatic rings. The Balaban J connectivity index is 2.06. The van der Waals surface area contributed by atoms with E-state index in [0.29, 0.717) is 12.6 Å². The third kappa shape index (κ3) is 5.46. The van der Waals surface area contributed by atoms with Crippen LogP contribution in [-0.4, -0.2) is 46.9 Å². The van der Waals surface area contributed by atoms with Gasteiger partial charge >= 0.3 is 0 Å². The number of piperidine rings is 1. The molecule has 0 aromatic carbocycles. The highest BCUT2D eigenvalue weighted by Gasteiger charge is 2.12. The van der Waals surface area contributed by atoms with E-state index in [4.69, 9.17) is 0 Å². The normalized spacial score (nSPS) is 22.9. The molecule has 1 fully saturated rings. The van der Waals surface area contributed by atoms with E-state index in [1.54, 1.807) is 0 Å². The summed E-state index contributed by atoms with van der Waals surface area (Å²) in [6, 6.07) is 0.510. The van der Waals surface area contributed by atoms with Crippen molar-refractivity contribution in [2.75, 3.05) is 32.4 Å². The highest BCUT2D eigenvalue weighted by atomic mass is 32.2. The first-order valence-corrected chi connectivity index (χ1v) is 7.14. The van der Waals surface area contributed by atoms with E-state index in [-0.39, 0.29) is 5.75 Å². The Bertz CT molecular complexity index is 261. The highest BCUT2D eigenvalue weighted by Crippen LogP contribution is 2.05. The Hall–Kier alpha value is -0.170. The molecule has 5 nitrogen and oxygen atoms in total. The van der Waals surface area contributed by atoms with Gasteiger partial charge in [0, 0.05) is 19.1 Å². The molecule has 1 saturated heterocycles. The molecule has 0 saturated carbocycles. The van der Waals surface area contributed by atoms with Gasteiger partial charge in [-0.1, -0.05) is 6.42 Å². The molecule has 0 bridgehead atoms. The summed E-state index contributed by atoms with van der Waals surface area (Å²) >= 11 is 0. The summed E-state index contributed by atoms with van der Waals surface area (Å²) in [5.41, 5.74) is 0. The second-order valence-corrected chi connectivity index (χ2v) is 5.92. The topological polar surface area (TPSA) is 70.2 Å². The first-order valence-electron chi connectivity index (χ1n) is 5.49. The minimum absolute atomic E-state index is 0.149. The van der Waals surface area contributed by atoms with Crippen LogP contribution in [0.3, 0.4) is 0 Å². The molecule has 1 atom stereocenters. The van der Waals surface area contributed by atoms with Gasteiger partial charge in [-0.05, 0) is 26.4 Å². The van der Waals surface area contributed by atoms with Crippen molar-refractivity contribution in [3.8, 4) is 0 Å². The lowest BCUT2D eigenvalue weighted by atomic mass is 10.1. The van der Waals surface area contributed by atoms with Gasteiger partial charge in [0.2, 0.25) is 10.0 Å². The Kier molecular flexibility index (Phi) is 5.52. The summed E-state index contributed by atoms with van der Waals surface area (Å²) in [6.07, 6.45) is 3.71. The van der Waals surface area contributed by atoms with E-state index in [2.05, 4.69) is 15.4 Å². The van der Waals surface area contributed by atoms with Crippen molar-refractivity contribution in [3.05, 3.63) is 0 Å². The molecule has 0 spiro atoms. The minimum Gasteiger partial charge on any atom is -0.314 e. The van der Waals surface area contributed by atoms with Gasteiger partial charge in [-0.2, -0.15) is 0 Å². The van der Waals surface area contributed by atoms with Gasteiger partial charge in [-0.25, -0.2) is 13.1 Å². The van der Waals surface area contributed by atoms with E-state index in [1.807, 2.05) is 0 Å². The van der Waals surface area contributed by atoms with Gasteiger partial charge < -0.3 is 10.6 Å². The van der Waals surface area contributed by atoms with Crippen molar-refractivity contribution in [2.24, 2.45) is 0 Å². The first kappa shape index (κ1) is 12.9. The van der Waals surface area contributed by atoms with Crippen LogP contribution in [0.2, 0.25) is 0 Å². The fourth-order valence-corrected chi connectivity index (χ4v) is 2.30. The lowest BCUT2D eigenvalue weighted by Crippen LogP contribution is -2.43. The summed E-state index contributed by atoms with van der Waals surface area (Å²) in [6.45, 7) is 2.46. The molecule has 1 heterocycles. The van der Waals surface area contributed by atoms with Crippen LogP contribution >= 0.6 is 0 Å². The van der Waals surface area contributed by atoms with Gasteiger partial charge in [-0.15, -0.1) is 0 Å². The lowest BCUT2D eigenvalue weighted by molar-refractivity contribution is 0.386. The number of hydrogen-bond donors (Lipinski definition) is 3. The van der Waals surface area contributed by atoms with Crippen LogP contribution in [0.5, 0.6) is 0 Å². The van der Waals surface area contributed by atoms with Gasteiger partial charge in [0.1, 0.15) is 0 Å². The van der Waals surface area contributed by atoms with E-state index >= 15 is 0 Å². The molecule has 0 amide bonds. The maximum absolute atomic E-state index is 11.1. The van der Waals surface area contributed by atoms with Crippen molar-refractivity contribution >= 4 is 10.0 Å². The quantitative estimate of drug-likeness (QED) is 0.531. The maximum atomic E-state index is 11.1. The Morgan fingerprint density at radius 3 is 2.80 bits per heavy atom. The Morgan fingerprint density at radius 1 is 1.40 bits per heavy atom. The van der Waals surface area contributed by atoms with Crippen LogP contribution < -0.4 is 15.4 Å². The zero-order chi connectivity index (χ0) is 11.1. The van der Waals surface area contributed by atoms with Crippen molar-refractivity contribution in [3.63, 3.8) is 0 Å². The SMILES string of the molecule is CNS(=O)(=O)CCNCC1CCCCN1. The molecule has 6 heteroatoms. The monoisotopic (exact) mass is 235 g/mol. The molecule has 0 aliphatic carbocycles. The molecule has 1 unspecified atom stereocenters. The van der Waals surface area contributed by atoms with Gasteiger partial charge in [0.15, 0.2) is 0 Å². The fourth-order valence-electron chi connectivity index (χ4n) is 1.68. The molecule has 0 aromatic heterocycles. The van der Waals surface area contributed by atoms with Crippen LogP contribution in [-0.2, 0) is 10.0 Å². The molecular weight excluding hydrogens is 214 g/mol. The number of hydrogen-bond acceptors (Lipinski definition) is 4. The third-order valence-corrected chi connectivity index (χ3v) is 4.03. The molecule has 0 aromatic rings. The number of sulfonamides is 1. The third-order valence-electron chi connectivity index (χ3n) is 2.66. The smallest absolute Gasteiger partial charge is 0.212 e. The first-order chi connectivity index (χ1) is 7.14. The van der Waals surface area contributed by atoms with Crippen LogP contribution in [0.25, 0.3) is 0 Å². The summed E-state index contributed by atoms with van der Waals surface area (Å²) in [4.78, 5) is 0. The van der Waals surface area contributed by atoms with Crippen LogP contribution in [0.4, 0.5) is 0 Å².